The quantitative estimate of drug-likeness (QED) is 0.694. The number of rotatable bonds is 8. The molecule has 1 saturated heterocycles. The predicted octanol–water partition coefficient (Wildman–Crippen LogP) is 1.89. The molecule has 1 aliphatic heterocycles. The minimum absolute atomic E-state index is 0.0279. The second kappa shape index (κ2) is 10.4. The highest BCUT2D eigenvalue weighted by molar-refractivity contribution is 5.97. The molecular formula is C23H32N4O3. The Morgan fingerprint density at radius 1 is 1.10 bits per heavy atom. The summed E-state index contributed by atoms with van der Waals surface area (Å²) in [6, 6.07) is 12.2. The summed E-state index contributed by atoms with van der Waals surface area (Å²) in [4.78, 5) is 27.0. The van der Waals surface area contributed by atoms with E-state index in [1.807, 2.05) is 38.1 Å². The van der Waals surface area contributed by atoms with Crippen molar-refractivity contribution in [1.82, 2.24) is 20.1 Å². The van der Waals surface area contributed by atoms with Gasteiger partial charge in [0.2, 0.25) is 5.91 Å². The van der Waals surface area contributed by atoms with Crippen LogP contribution in [-0.4, -0.2) is 67.2 Å². The summed E-state index contributed by atoms with van der Waals surface area (Å²) in [5.41, 5.74) is 3.71. The van der Waals surface area contributed by atoms with E-state index in [9.17, 15) is 9.59 Å². The van der Waals surface area contributed by atoms with E-state index in [0.717, 1.165) is 44.2 Å². The van der Waals surface area contributed by atoms with Crippen molar-refractivity contribution in [2.75, 3.05) is 45.9 Å². The van der Waals surface area contributed by atoms with Crippen molar-refractivity contribution in [1.29, 1.82) is 0 Å². The Kier molecular flexibility index (Phi) is 7.65. The first-order valence-electron chi connectivity index (χ1n) is 10.6. The first-order chi connectivity index (χ1) is 14.5. The standard InChI is InChI=1S/C23H32N4O3/c1-17-15-21(19(3)27(17)18(2)20-7-5-4-6-8-20)23(29)25-16-22(28)24-9-10-26-11-13-30-14-12-26/h4-8,15,18H,9-14,16H2,1-3H3,(H,24,28)(H,25,29). The van der Waals surface area contributed by atoms with E-state index < -0.39 is 0 Å². The third-order valence-electron chi connectivity index (χ3n) is 5.66. The van der Waals surface area contributed by atoms with Gasteiger partial charge in [-0.3, -0.25) is 14.5 Å². The maximum Gasteiger partial charge on any atom is 0.253 e. The Morgan fingerprint density at radius 2 is 1.80 bits per heavy atom. The van der Waals surface area contributed by atoms with Crippen LogP contribution < -0.4 is 10.6 Å². The van der Waals surface area contributed by atoms with Gasteiger partial charge in [-0.25, -0.2) is 0 Å². The van der Waals surface area contributed by atoms with E-state index in [0.29, 0.717) is 12.1 Å². The van der Waals surface area contributed by atoms with Gasteiger partial charge in [-0.1, -0.05) is 30.3 Å². The first kappa shape index (κ1) is 22.1. The molecule has 162 valence electrons. The zero-order chi connectivity index (χ0) is 21.5. The molecule has 1 aromatic carbocycles. The highest BCUT2D eigenvalue weighted by atomic mass is 16.5. The van der Waals surface area contributed by atoms with Crippen molar-refractivity contribution in [2.45, 2.75) is 26.8 Å². The summed E-state index contributed by atoms with van der Waals surface area (Å²) in [6.07, 6.45) is 0. The molecule has 30 heavy (non-hydrogen) atoms. The van der Waals surface area contributed by atoms with Crippen molar-refractivity contribution >= 4 is 11.8 Å². The Bertz CT molecular complexity index is 857. The third kappa shape index (κ3) is 5.49. The normalized spacial score (nSPS) is 15.6. The van der Waals surface area contributed by atoms with Gasteiger partial charge in [-0.2, -0.15) is 0 Å². The Hall–Kier alpha value is -2.64. The molecule has 1 aliphatic rings. The number of nitrogens with one attached hydrogen (secondary N) is 2. The second-order valence-corrected chi connectivity index (χ2v) is 7.73. The van der Waals surface area contributed by atoms with Crippen LogP contribution in [0.2, 0.25) is 0 Å². The van der Waals surface area contributed by atoms with Gasteiger partial charge >= 0.3 is 0 Å². The van der Waals surface area contributed by atoms with E-state index >= 15 is 0 Å². The molecule has 7 nitrogen and oxygen atoms in total. The van der Waals surface area contributed by atoms with Crippen LogP contribution in [0.4, 0.5) is 0 Å². The minimum atomic E-state index is -0.224. The number of carbonyl (C=O) groups excluding carboxylic acids is 2. The average molecular weight is 413 g/mol. The monoisotopic (exact) mass is 412 g/mol. The molecule has 3 rings (SSSR count). The lowest BCUT2D eigenvalue weighted by molar-refractivity contribution is -0.120. The third-order valence-corrected chi connectivity index (χ3v) is 5.66. The number of hydrogen-bond acceptors (Lipinski definition) is 4. The minimum Gasteiger partial charge on any atom is -0.379 e. The van der Waals surface area contributed by atoms with Crippen molar-refractivity contribution in [3.05, 3.63) is 58.9 Å². The van der Waals surface area contributed by atoms with Gasteiger partial charge in [0.1, 0.15) is 0 Å². The lowest BCUT2D eigenvalue weighted by Crippen LogP contribution is -2.43. The molecule has 0 aliphatic carbocycles. The van der Waals surface area contributed by atoms with Crippen LogP contribution in [0.15, 0.2) is 36.4 Å². The molecule has 2 aromatic rings. The van der Waals surface area contributed by atoms with Gasteiger partial charge < -0.3 is 19.9 Å². The SMILES string of the molecule is Cc1cc(C(=O)NCC(=O)NCCN2CCOCC2)c(C)n1C(C)c1ccccc1. The van der Waals surface area contributed by atoms with Gasteiger partial charge in [-0.15, -0.1) is 0 Å². The summed E-state index contributed by atoms with van der Waals surface area (Å²) in [5, 5.41) is 5.62. The Labute approximate surface area is 178 Å². The Morgan fingerprint density at radius 3 is 2.50 bits per heavy atom. The van der Waals surface area contributed by atoms with Crippen LogP contribution in [0.25, 0.3) is 0 Å². The number of benzene rings is 1. The number of aryl methyl sites for hydroxylation is 1. The topological polar surface area (TPSA) is 75.6 Å². The maximum absolute atomic E-state index is 12.7. The molecule has 0 saturated carbocycles. The average Bonchev–Trinajstić information content (AvgIpc) is 3.07. The number of morpholine rings is 1. The van der Waals surface area contributed by atoms with Crippen molar-refractivity contribution in [3.8, 4) is 0 Å². The zero-order valence-electron chi connectivity index (χ0n) is 18.1. The molecule has 0 spiro atoms. The smallest absolute Gasteiger partial charge is 0.253 e. The van der Waals surface area contributed by atoms with Crippen LogP contribution in [0, 0.1) is 13.8 Å². The van der Waals surface area contributed by atoms with Gasteiger partial charge in [0, 0.05) is 37.6 Å². The lowest BCUT2D eigenvalue weighted by Gasteiger charge is -2.26. The number of carbonyl (C=O) groups is 2. The molecule has 1 fully saturated rings. The second-order valence-electron chi connectivity index (χ2n) is 7.73. The van der Waals surface area contributed by atoms with Crippen LogP contribution in [0.5, 0.6) is 0 Å². The molecule has 0 bridgehead atoms. The largest absolute Gasteiger partial charge is 0.379 e. The van der Waals surface area contributed by atoms with E-state index in [1.54, 1.807) is 0 Å². The molecule has 2 amide bonds. The van der Waals surface area contributed by atoms with Crippen molar-refractivity contribution in [3.63, 3.8) is 0 Å². The predicted molar refractivity (Wildman–Crippen MR) is 117 cm³/mol. The summed E-state index contributed by atoms with van der Waals surface area (Å²) in [6.45, 7) is 10.7. The van der Waals surface area contributed by atoms with Crippen molar-refractivity contribution in [2.24, 2.45) is 0 Å². The van der Waals surface area contributed by atoms with Gasteiger partial charge in [0.25, 0.3) is 5.91 Å². The highest BCUT2D eigenvalue weighted by Crippen LogP contribution is 2.25. The summed E-state index contributed by atoms with van der Waals surface area (Å²) >= 11 is 0. The fraction of sp³-hybridized carbons (Fsp3) is 0.478. The molecular weight excluding hydrogens is 380 g/mol. The van der Waals surface area contributed by atoms with Crippen LogP contribution in [0.1, 0.15) is 40.3 Å². The van der Waals surface area contributed by atoms with Gasteiger partial charge in [0.15, 0.2) is 0 Å². The van der Waals surface area contributed by atoms with E-state index in [1.165, 1.54) is 5.56 Å². The molecule has 0 radical (unpaired) electrons. The number of nitrogens with zero attached hydrogens (tertiary/aromatic N) is 2. The lowest BCUT2D eigenvalue weighted by atomic mass is 10.1. The summed E-state index contributed by atoms with van der Waals surface area (Å²) in [7, 11) is 0. The maximum atomic E-state index is 12.7. The van der Waals surface area contributed by atoms with E-state index in [4.69, 9.17) is 4.74 Å². The van der Waals surface area contributed by atoms with Crippen molar-refractivity contribution < 1.29 is 14.3 Å². The molecule has 1 aromatic heterocycles. The number of aromatic nitrogens is 1. The zero-order valence-corrected chi connectivity index (χ0v) is 18.1. The molecule has 2 heterocycles. The molecule has 1 unspecified atom stereocenters. The van der Waals surface area contributed by atoms with Crippen LogP contribution in [-0.2, 0) is 9.53 Å². The fourth-order valence-electron chi connectivity index (χ4n) is 3.98. The van der Waals surface area contributed by atoms with Gasteiger partial charge in [-0.05, 0) is 32.4 Å². The molecule has 2 N–H and O–H groups in total. The fourth-order valence-corrected chi connectivity index (χ4v) is 3.98. The Balaban J connectivity index is 1.52. The van der Waals surface area contributed by atoms with E-state index in [2.05, 4.69) is 39.2 Å². The number of hydrogen-bond donors (Lipinski definition) is 2. The number of amides is 2. The summed E-state index contributed by atoms with van der Waals surface area (Å²) in [5.74, 6) is -0.402. The molecule has 1 atom stereocenters. The molecule has 7 heteroatoms. The van der Waals surface area contributed by atoms with E-state index in [-0.39, 0.29) is 24.4 Å². The van der Waals surface area contributed by atoms with Crippen LogP contribution in [0.3, 0.4) is 0 Å². The number of ether oxygens (including phenoxy) is 1. The first-order valence-corrected chi connectivity index (χ1v) is 10.6. The van der Waals surface area contributed by atoms with Gasteiger partial charge in [0.05, 0.1) is 31.4 Å². The summed E-state index contributed by atoms with van der Waals surface area (Å²) < 4.78 is 7.47. The van der Waals surface area contributed by atoms with Crippen LogP contribution >= 0.6 is 0 Å². The highest BCUT2D eigenvalue weighted by Gasteiger charge is 2.20.